The van der Waals surface area contributed by atoms with Crippen molar-refractivity contribution in [2.24, 2.45) is 0 Å². The number of fused-ring (bicyclic) bond motifs is 1. The van der Waals surface area contributed by atoms with E-state index in [-0.39, 0.29) is 11.5 Å². The van der Waals surface area contributed by atoms with Gasteiger partial charge in [-0.05, 0) is 30.4 Å². The Bertz CT molecular complexity index is 340. The SMILES string of the molecule is ClCCCCOC1c2ccccc2CC1Cl. The summed E-state index contributed by atoms with van der Waals surface area (Å²) in [6, 6.07) is 8.35. The van der Waals surface area contributed by atoms with E-state index in [9.17, 15) is 0 Å². The molecule has 2 rings (SSSR count). The van der Waals surface area contributed by atoms with Gasteiger partial charge in [-0.2, -0.15) is 0 Å². The predicted octanol–water partition coefficient (Wildman–Crippen LogP) is 3.93. The highest BCUT2D eigenvalue weighted by Crippen LogP contribution is 2.37. The van der Waals surface area contributed by atoms with E-state index in [1.165, 1.54) is 11.1 Å². The van der Waals surface area contributed by atoms with Gasteiger partial charge in [0.2, 0.25) is 0 Å². The van der Waals surface area contributed by atoms with Crippen LogP contribution in [0.2, 0.25) is 0 Å². The van der Waals surface area contributed by atoms with E-state index in [2.05, 4.69) is 18.2 Å². The van der Waals surface area contributed by atoms with Gasteiger partial charge in [0, 0.05) is 12.5 Å². The maximum Gasteiger partial charge on any atom is 0.0994 e. The molecule has 0 radical (unpaired) electrons. The van der Waals surface area contributed by atoms with Gasteiger partial charge in [0.25, 0.3) is 0 Å². The Morgan fingerprint density at radius 3 is 2.88 bits per heavy atom. The van der Waals surface area contributed by atoms with Gasteiger partial charge in [0.05, 0.1) is 11.5 Å². The minimum Gasteiger partial charge on any atom is -0.372 e. The third kappa shape index (κ3) is 2.71. The average molecular weight is 259 g/mol. The van der Waals surface area contributed by atoms with Crippen molar-refractivity contribution in [1.29, 1.82) is 0 Å². The van der Waals surface area contributed by atoms with Crippen molar-refractivity contribution < 1.29 is 4.74 Å². The molecule has 0 spiro atoms. The maximum absolute atomic E-state index is 6.31. The summed E-state index contributed by atoms with van der Waals surface area (Å²) >= 11 is 11.9. The van der Waals surface area contributed by atoms with Gasteiger partial charge in [-0.25, -0.2) is 0 Å². The smallest absolute Gasteiger partial charge is 0.0994 e. The molecule has 88 valence electrons. The first kappa shape index (κ1) is 12.2. The molecule has 0 N–H and O–H groups in total. The van der Waals surface area contributed by atoms with Crippen LogP contribution >= 0.6 is 23.2 Å². The van der Waals surface area contributed by atoms with E-state index in [1.807, 2.05) is 6.07 Å². The zero-order valence-electron chi connectivity index (χ0n) is 9.16. The summed E-state index contributed by atoms with van der Waals surface area (Å²) in [5, 5.41) is 0.0772. The second-order valence-corrected chi connectivity index (χ2v) is 5.04. The summed E-state index contributed by atoms with van der Waals surface area (Å²) < 4.78 is 5.85. The lowest BCUT2D eigenvalue weighted by atomic mass is 10.1. The van der Waals surface area contributed by atoms with Crippen molar-refractivity contribution in [3.8, 4) is 0 Å². The molecule has 0 saturated heterocycles. The van der Waals surface area contributed by atoms with Gasteiger partial charge in [0.1, 0.15) is 0 Å². The predicted molar refractivity (Wildman–Crippen MR) is 68.4 cm³/mol. The Kier molecular flexibility index (Phi) is 4.51. The second-order valence-electron chi connectivity index (χ2n) is 4.11. The van der Waals surface area contributed by atoms with Gasteiger partial charge in [-0.1, -0.05) is 24.3 Å². The molecule has 16 heavy (non-hydrogen) atoms. The van der Waals surface area contributed by atoms with E-state index in [1.54, 1.807) is 0 Å². The summed E-state index contributed by atoms with van der Waals surface area (Å²) in [5.74, 6) is 0.703. The van der Waals surface area contributed by atoms with Crippen molar-refractivity contribution in [3.63, 3.8) is 0 Å². The lowest BCUT2D eigenvalue weighted by molar-refractivity contribution is 0.0546. The lowest BCUT2D eigenvalue weighted by Gasteiger charge is -2.16. The van der Waals surface area contributed by atoms with E-state index in [0.29, 0.717) is 5.88 Å². The zero-order chi connectivity index (χ0) is 11.4. The van der Waals surface area contributed by atoms with Crippen LogP contribution in [0.15, 0.2) is 24.3 Å². The molecule has 0 saturated carbocycles. The summed E-state index contributed by atoms with van der Waals surface area (Å²) in [6.45, 7) is 0.745. The maximum atomic E-state index is 6.31. The zero-order valence-corrected chi connectivity index (χ0v) is 10.7. The fourth-order valence-corrected chi connectivity index (χ4v) is 2.67. The number of alkyl halides is 2. The minimum atomic E-state index is 0.0631. The Labute approximate surface area is 107 Å². The molecule has 1 aliphatic rings. The summed E-state index contributed by atoms with van der Waals surface area (Å²) in [6.07, 6.45) is 2.99. The average Bonchev–Trinajstić information content (AvgIpc) is 2.61. The van der Waals surface area contributed by atoms with Crippen molar-refractivity contribution >= 4 is 23.2 Å². The highest BCUT2D eigenvalue weighted by molar-refractivity contribution is 6.21. The van der Waals surface area contributed by atoms with Crippen LogP contribution < -0.4 is 0 Å². The molecule has 0 fully saturated rings. The number of hydrogen-bond acceptors (Lipinski definition) is 1. The molecule has 1 aliphatic carbocycles. The topological polar surface area (TPSA) is 9.23 Å². The third-order valence-corrected chi connectivity index (χ3v) is 3.58. The lowest BCUT2D eigenvalue weighted by Crippen LogP contribution is -2.12. The number of halogens is 2. The van der Waals surface area contributed by atoms with Crippen molar-refractivity contribution in [3.05, 3.63) is 35.4 Å². The van der Waals surface area contributed by atoms with Gasteiger partial charge in [0.15, 0.2) is 0 Å². The molecule has 0 aromatic heterocycles. The van der Waals surface area contributed by atoms with Gasteiger partial charge < -0.3 is 4.74 Å². The van der Waals surface area contributed by atoms with E-state index >= 15 is 0 Å². The van der Waals surface area contributed by atoms with Crippen LogP contribution in [0.25, 0.3) is 0 Å². The van der Waals surface area contributed by atoms with Crippen LogP contribution in [0.3, 0.4) is 0 Å². The number of rotatable bonds is 5. The van der Waals surface area contributed by atoms with Gasteiger partial charge in [-0.15, -0.1) is 23.2 Å². The number of unbranched alkanes of at least 4 members (excludes halogenated alkanes) is 1. The fourth-order valence-electron chi connectivity index (χ4n) is 2.11. The molecular weight excluding hydrogens is 243 g/mol. The van der Waals surface area contributed by atoms with Crippen molar-refractivity contribution in [2.45, 2.75) is 30.7 Å². The number of ether oxygens (including phenoxy) is 1. The highest BCUT2D eigenvalue weighted by atomic mass is 35.5. The standard InChI is InChI=1S/C13H16Cl2O/c14-7-3-4-8-16-13-11-6-2-1-5-10(11)9-12(13)15/h1-2,5-6,12-13H,3-4,7-9H2. The summed E-state index contributed by atoms with van der Waals surface area (Å²) in [5.41, 5.74) is 2.58. The van der Waals surface area contributed by atoms with Crippen LogP contribution in [-0.4, -0.2) is 17.9 Å². The van der Waals surface area contributed by atoms with Crippen LogP contribution in [0, 0.1) is 0 Å². The first-order valence-corrected chi connectivity index (χ1v) is 6.69. The minimum absolute atomic E-state index is 0.0631. The molecule has 0 bridgehead atoms. The fraction of sp³-hybridized carbons (Fsp3) is 0.538. The summed E-state index contributed by atoms with van der Waals surface area (Å²) in [7, 11) is 0. The first-order valence-electron chi connectivity index (χ1n) is 5.72. The largest absolute Gasteiger partial charge is 0.372 e. The van der Waals surface area contributed by atoms with E-state index in [4.69, 9.17) is 27.9 Å². The molecule has 1 aromatic rings. The van der Waals surface area contributed by atoms with Crippen molar-refractivity contribution in [1.82, 2.24) is 0 Å². The Morgan fingerprint density at radius 2 is 2.06 bits per heavy atom. The number of benzene rings is 1. The van der Waals surface area contributed by atoms with Crippen molar-refractivity contribution in [2.75, 3.05) is 12.5 Å². The normalized spacial score (nSPS) is 23.4. The van der Waals surface area contributed by atoms with Crippen LogP contribution in [-0.2, 0) is 11.2 Å². The van der Waals surface area contributed by atoms with E-state index in [0.717, 1.165) is 25.9 Å². The van der Waals surface area contributed by atoms with Crippen LogP contribution in [0.4, 0.5) is 0 Å². The molecule has 2 atom stereocenters. The third-order valence-electron chi connectivity index (χ3n) is 2.93. The van der Waals surface area contributed by atoms with Gasteiger partial charge >= 0.3 is 0 Å². The quantitative estimate of drug-likeness (QED) is 0.575. The van der Waals surface area contributed by atoms with Crippen LogP contribution in [0.1, 0.15) is 30.1 Å². The van der Waals surface area contributed by atoms with Crippen LogP contribution in [0.5, 0.6) is 0 Å². The molecule has 1 nitrogen and oxygen atoms in total. The Balaban J connectivity index is 1.94. The van der Waals surface area contributed by atoms with E-state index < -0.39 is 0 Å². The molecule has 3 heteroatoms. The molecule has 0 heterocycles. The molecule has 0 aliphatic heterocycles. The Morgan fingerprint density at radius 1 is 1.25 bits per heavy atom. The second kappa shape index (κ2) is 5.90. The Hall–Kier alpha value is -0.240. The molecule has 2 unspecified atom stereocenters. The highest BCUT2D eigenvalue weighted by Gasteiger charge is 2.31. The summed E-state index contributed by atoms with van der Waals surface area (Å²) in [4.78, 5) is 0. The molecular formula is C13H16Cl2O. The first-order chi connectivity index (χ1) is 7.83. The van der Waals surface area contributed by atoms with Gasteiger partial charge in [-0.3, -0.25) is 0 Å². The molecule has 0 amide bonds. The monoisotopic (exact) mass is 258 g/mol. The molecule has 1 aromatic carbocycles. The number of hydrogen-bond donors (Lipinski definition) is 0.